The second-order valence-corrected chi connectivity index (χ2v) is 10.8. The number of hydrogen-bond donors (Lipinski definition) is 0. The van der Waals surface area contributed by atoms with Crippen LogP contribution in [-0.2, 0) is 7.05 Å². The molecular weight excluding hydrogens is 478 g/mol. The second kappa shape index (κ2) is 8.80. The molecule has 0 spiro atoms. The van der Waals surface area contributed by atoms with Gasteiger partial charge in [-0.3, -0.25) is 0 Å². The molecule has 0 amide bonds. The van der Waals surface area contributed by atoms with Crippen LogP contribution in [0, 0.1) is 18.6 Å². The molecular formula is C33H31F2N2O+. The van der Waals surface area contributed by atoms with Gasteiger partial charge >= 0.3 is 0 Å². The van der Waals surface area contributed by atoms with Gasteiger partial charge in [-0.05, 0) is 36.5 Å². The summed E-state index contributed by atoms with van der Waals surface area (Å²) >= 11 is 0. The average Bonchev–Trinajstić information content (AvgIpc) is 3.38. The predicted molar refractivity (Wildman–Crippen MR) is 150 cm³/mol. The van der Waals surface area contributed by atoms with E-state index in [1.807, 2.05) is 25.1 Å². The zero-order chi connectivity index (χ0) is 26.9. The maximum atomic E-state index is 15.0. The molecule has 2 aromatic heterocycles. The zero-order valence-electron chi connectivity index (χ0n) is 22.6. The van der Waals surface area contributed by atoms with Crippen molar-refractivity contribution in [3.8, 4) is 17.1 Å². The summed E-state index contributed by atoms with van der Waals surface area (Å²) in [4.78, 5) is 0. The normalized spacial score (nSPS) is 12.2. The van der Waals surface area contributed by atoms with E-state index < -0.39 is 11.6 Å². The molecule has 0 atom stereocenters. The monoisotopic (exact) mass is 509 g/mol. The number of fused-ring (bicyclic) bond motifs is 4. The van der Waals surface area contributed by atoms with Crippen molar-refractivity contribution in [2.75, 3.05) is 0 Å². The molecule has 2 heterocycles. The molecule has 3 nitrogen and oxygen atoms in total. The van der Waals surface area contributed by atoms with Gasteiger partial charge < -0.3 is 4.42 Å². The Kier molecular flexibility index (Phi) is 5.64. The highest BCUT2D eigenvalue weighted by molar-refractivity contribution is 6.10. The lowest BCUT2D eigenvalue weighted by atomic mass is 9.92. The molecule has 6 rings (SSSR count). The molecule has 0 N–H and O–H groups in total. The van der Waals surface area contributed by atoms with Crippen LogP contribution in [0.4, 0.5) is 8.78 Å². The number of halogens is 2. The molecule has 4 aromatic carbocycles. The highest BCUT2D eigenvalue weighted by Crippen LogP contribution is 2.42. The number of furan rings is 1. The fraction of sp³-hybridized carbons (Fsp3) is 0.242. The van der Waals surface area contributed by atoms with Crippen molar-refractivity contribution in [2.24, 2.45) is 7.05 Å². The molecule has 192 valence electrons. The van der Waals surface area contributed by atoms with Gasteiger partial charge in [-0.2, -0.15) is 4.57 Å². The second-order valence-electron chi connectivity index (χ2n) is 10.8. The van der Waals surface area contributed by atoms with Gasteiger partial charge in [-0.15, -0.1) is 0 Å². The summed E-state index contributed by atoms with van der Waals surface area (Å²) in [5.74, 6) is 0.251. The first-order chi connectivity index (χ1) is 18.2. The summed E-state index contributed by atoms with van der Waals surface area (Å²) < 4.78 is 40.0. The quantitative estimate of drug-likeness (QED) is 0.218. The smallest absolute Gasteiger partial charge is 0.299 e. The number of aromatic nitrogens is 2. The molecule has 0 bridgehead atoms. The molecule has 0 radical (unpaired) electrons. The number of imidazole rings is 1. The van der Waals surface area contributed by atoms with Gasteiger partial charge in [-0.25, -0.2) is 13.3 Å². The van der Waals surface area contributed by atoms with Gasteiger partial charge in [0, 0.05) is 28.6 Å². The summed E-state index contributed by atoms with van der Waals surface area (Å²) in [6.07, 6.45) is 0. The summed E-state index contributed by atoms with van der Waals surface area (Å²) in [7, 11) is 2.06. The summed E-state index contributed by atoms with van der Waals surface area (Å²) in [5, 5.41) is 0.939. The minimum absolute atomic E-state index is 0.208. The van der Waals surface area contributed by atoms with E-state index in [1.54, 1.807) is 0 Å². The molecule has 0 aliphatic rings. The van der Waals surface area contributed by atoms with Gasteiger partial charge in [0.15, 0.2) is 16.6 Å². The standard InChI is InChI=1S/C33H31F2N2O/c1-18(2)22-10-9-11-23(19(3)4)31(22)37-27-13-8-7-12-26(27)36(6)33(37)29-20(5)14-15-24-30-25(35)16-21(34)17-28(30)38-32(24)29/h7-19H,1-6H3/q+1. The third-order valence-electron chi connectivity index (χ3n) is 7.67. The SMILES string of the molecule is Cc1ccc2c(oc3cc(F)cc(F)c32)c1-c1n(-c2c(C(C)C)cccc2C(C)C)c2ccccc2[n+]1C. The number of para-hydroxylation sites is 3. The lowest BCUT2D eigenvalue weighted by Crippen LogP contribution is -2.30. The maximum Gasteiger partial charge on any atom is 0.299 e. The number of nitrogens with zero attached hydrogens (tertiary/aromatic N) is 2. The third kappa shape index (κ3) is 3.48. The molecule has 0 fully saturated rings. The molecule has 0 saturated carbocycles. The van der Waals surface area contributed by atoms with Gasteiger partial charge in [0.2, 0.25) is 0 Å². The van der Waals surface area contributed by atoms with Crippen molar-refractivity contribution in [2.45, 2.75) is 46.5 Å². The lowest BCUT2D eigenvalue weighted by Gasteiger charge is -2.18. The molecule has 0 aliphatic carbocycles. The number of aryl methyl sites for hydroxylation is 2. The van der Waals surface area contributed by atoms with Crippen molar-refractivity contribution in [1.82, 2.24) is 4.57 Å². The molecule has 0 unspecified atom stereocenters. The van der Waals surface area contributed by atoms with Crippen LogP contribution >= 0.6 is 0 Å². The van der Waals surface area contributed by atoms with Crippen molar-refractivity contribution >= 4 is 33.0 Å². The Morgan fingerprint density at radius 2 is 1.53 bits per heavy atom. The predicted octanol–water partition coefficient (Wildman–Crippen LogP) is 8.85. The largest absolute Gasteiger partial charge is 0.455 e. The molecule has 5 heteroatoms. The molecule has 38 heavy (non-hydrogen) atoms. The first-order valence-corrected chi connectivity index (χ1v) is 13.1. The van der Waals surface area contributed by atoms with Crippen LogP contribution in [0.3, 0.4) is 0 Å². The molecule has 0 aliphatic heterocycles. The highest BCUT2D eigenvalue weighted by atomic mass is 19.1. The van der Waals surface area contributed by atoms with Crippen LogP contribution < -0.4 is 4.57 Å². The van der Waals surface area contributed by atoms with Crippen LogP contribution in [-0.4, -0.2) is 4.57 Å². The maximum absolute atomic E-state index is 15.0. The Hall–Kier alpha value is -3.99. The average molecular weight is 510 g/mol. The molecule has 0 saturated heterocycles. The number of hydrogen-bond acceptors (Lipinski definition) is 1. The Morgan fingerprint density at radius 1 is 0.842 bits per heavy atom. The van der Waals surface area contributed by atoms with Gasteiger partial charge in [0.05, 0.1) is 12.4 Å². The number of benzene rings is 4. The zero-order valence-corrected chi connectivity index (χ0v) is 22.6. The van der Waals surface area contributed by atoms with E-state index in [4.69, 9.17) is 4.42 Å². The Bertz CT molecular complexity index is 1850. The van der Waals surface area contributed by atoms with E-state index in [2.05, 4.69) is 80.3 Å². The van der Waals surface area contributed by atoms with E-state index in [1.165, 1.54) is 17.2 Å². The van der Waals surface area contributed by atoms with E-state index in [-0.39, 0.29) is 5.58 Å². The summed E-state index contributed by atoms with van der Waals surface area (Å²) in [6, 6.07) is 21.0. The van der Waals surface area contributed by atoms with E-state index in [9.17, 15) is 4.39 Å². The minimum atomic E-state index is -0.653. The molecule has 6 aromatic rings. The van der Waals surface area contributed by atoms with Crippen molar-refractivity contribution in [3.05, 3.63) is 95.1 Å². The van der Waals surface area contributed by atoms with Crippen molar-refractivity contribution < 1.29 is 17.8 Å². The van der Waals surface area contributed by atoms with Gasteiger partial charge in [0.1, 0.15) is 28.5 Å². The Balaban J connectivity index is 1.84. The van der Waals surface area contributed by atoms with Crippen molar-refractivity contribution in [1.29, 1.82) is 0 Å². The van der Waals surface area contributed by atoms with Crippen LogP contribution in [0.15, 0.2) is 71.1 Å². The summed E-state index contributed by atoms with van der Waals surface area (Å²) in [6.45, 7) is 10.9. The van der Waals surface area contributed by atoms with E-state index in [0.29, 0.717) is 28.2 Å². The van der Waals surface area contributed by atoms with Gasteiger partial charge in [-0.1, -0.05) is 70.2 Å². The van der Waals surface area contributed by atoms with Crippen molar-refractivity contribution in [3.63, 3.8) is 0 Å². The Labute approximate surface area is 220 Å². The van der Waals surface area contributed by atoms with E-state index in [0.717, 1.165) is 39.7 Å². The fourth-order valence-electron chi connectivity index (χ4n) is 5.85. The Morgan fingerprint density at radius 3 is 2.21 bits per heavy atom. The minimum Gasteiger partial charge on any atom is -0.455 e. The first kappa shape index (κ1) is 24.4. The van der Waals surface area contributed by atoms with Crippen LogP contribution in [0.25, 0.3) is 50.0 Å². The lowest BCUT2D eigenvalue weighted by molar-refractivity contribution is -0.633. The topological polar surface area (TPSA) is 21.9 Å². The first-order valence-electron chi connectivity index (χ1n) is 13.1. The van der Waals surface area contributed by atoms with E-state index >= 15 is 4.39 Å². The van der Waals surface area contributed by atoms with Crippen LogP contribution in [0.1, 0.15) is 56.2 Å². The van der Waals surface area contributed by atoms with Crippen LogP contribution in [0.2, 0.25) is 0 Å². The van der Waals surface area contributed by atoms with Crippen LogP contribution in [0.5, 0.6) is 0 Å². The van der Waals surface area contributed by atoms with Gasteiger partial charge in [0.25, 0.3) is 5.82 Å². The highest BCUT2D eigenvalue weighted by Gasteiger charge is 2.33. The summed E-state index contributed by atoms with van der Waals surface area (Å²) in [5.41, 5.74) is 8.43. The number of rotatable bonds is 4. The third-order valence-corrected chi connectivity index (χ3v) is 7.67. The fourth-order valence-corrected chi connectivity index (χ4v) is 5.85.